The standard InChI is InChI=1S/C9H19N3O2/c1-4-11(2)9(14)12(3)7-5-10-6-8(7)13/h7-8,10,13H,4-6H2,1-3H3/t7-,8-/m0/s1. The number of aliphatic hydroxyl groups is 1. The Bertz CT molecular complexity index is 210. The van der Waals surface area contributed by atoms with Crippen LogP contribution in [0.1, 0.15) is 6.92 Å². The molecule has 0 unspecified atom stereocenters. The molecular formula is C9H19N3O2. The number of hydrogen-bond donors (Lipinski definition) is 2. The fourth-order valence-electron chi connectivity index (χ4n) is 1.59. The van der Waals surface area contributed by atoms with Gasteiger partial charge in [-0.1, -0.05) is 0 Å². The zero-order chi connectivity index (χ0) is 10.7. The van der Waals surface area contributed by atoms with Gasteiger partial charge in [-0.25, -0.2) is 4.79 Å². The van der Waals surface area contributed by atoms with E-state index in [0.717, 1.165) is 0 Å². The van der Waals surface area contributed by atoms with E-state index in [1.807, 2.05) is 6.92 Å². The molecule has 0 aromatic carbocycles. The van der Waals surface area contributed by atoms with E-state index in [4.69, 9.17) is 0 Å². The zero-order valence-corrected chi connectivity index (χ0v) is 9.03. The smallest absolute Gasteiger partial charge is 0.319 e. The van der Waals surface area contributed by atoms with Crippen LogP contribution >= 0.6 is 0 Å². The van der Waals surface area contributed by atoms with E-state index >= 15 is 0 Å². The van der Waals surface area contributed by atoms with Crippen molar-refractivity contribution >= 4 is 6.03 Å². The van der Waals surface area contributed by atoms with Gasteiger partial charge in [-0.2, -0.15) is 0 Å². The molecule has 2 amide bonds. The average molecular weight is 201 g/mol. The minimum absolute atomic E-state index is 0.0414. The van der Waals surface area contributed by atoms with Crippen LogP contribution in [-0.2, 0) is 0 Å². The summed E-state index contributed by atoms with van der Waals surface area (Å²) in [5, 5.41) is 12.6. The highest BCUT2D eigenvalue weighted by Crippen LogP contribution is 2.09. The van der Waals surface area contributed by atoms with Crippen LogP contribution in [0.15, 0.2) is 0 Å². The van der Waals surface area contributed by atoms with Gasteiger partial charge in [-0.15, -0.1) is 0 Å². The maximum Gasteiger partial charge on any atom is 0.319 e. The molecule has 0 radical (unpaired) electrons. The van der Waals surface area contributed by atoms with E-state index in [0.29, 0.717) is 19.6 Å². The summed E-state index contributed by atoms with van der Waals surface area (Å²) >= 11 is 0. The van der Waals surface area contributed by atoms with Gasteiger partial charge < -0.3 is 20.2 Å². The predicted octanol–water partition coefficient (Wildman–Crippen LogP) is -0.677. The van der Waals surface area contributed by atoms with Crippen molar-refractivity contribution in [3.8, 4) is 0 Å². The van der Waals surface area contributed by atoms with Crippen LogP contribution < -0.4 is 5.32 Å². The van der Waals surface area contributed by atoms with E-state index in [2.05, 4.69) is 5.32 Å². The van der Waals surface area contributed by atoms with E-state index in [1.54, 1.807) is 23.9 Å². The molecule has 1 heterocycles. The lowest BCUT2D eigenvalue weighted by Gasteiger charge is -2.30. The quantitative estimate of drug-likeness (QED) is 0.622. The molecule has 0 aromatic rings. The average Bonchev–Trinajstić information content (AvgIpc) is 2.61. The normalized spacial score (nSPS) is 26.3. The van der Waals surface area contributed by atoms with Crippen LogP contribution in [0.4, 0.5) is 4.79 Å². The van der Waals surface area contributed by atoms with Crippen molar-refractivity contribution in [2.45, 2.75) is 19.1 Å². The largest absolute Gasteiger partial charge is 0.390 e. The van der Waals surface area contributed by atoms with E-state index < -0.39 is 6.10 Å². The summed E-state index contributed by atoms with van der Waals surface area (Å²) in [7, 11) is 3.49. The lowest BCUT2D eigenvalue weighted by molar-refractivity contribution is 0.0976. The van der Waals surface area contributed by atoms with Gasteiger partial charge in [0.25, 0.3) is 0 Å². The van der Waals surface area contributed by atoms with Crippen LogP contribution in [0.2, 0.25) is 0 Å². The second-order valence-electron chi connectivity index (χ2n) is 3.70. The Balaban J connectivity index is 2.55. The molecule has 0 aromatic heterocycles. The van der Waals surface area contributed by atoms with Gasteiger partial charge in [-0.05, 0) is 6.92 Å². The van der Waals surface area contributed by atoms with Crippen LogP contribution in [-0.4, -0.2) is 66.8 Å². The highest BCUT2D eigenvalue weighted by molar-refractivity contribution is 5.74. The number of carbonyl (C=O) groups excluding carboxylic acids is 1. The summed E-state index contributed by atoms with van der Waals surface area (Å²) in [5.74, 6) is 0. The number of amides is 2. The first-order valence-corrected chi connectivity index (χ1v) is 4.94. The van der Waals surface area contributed by atoms with Crippen molar-refractivity contribution in [3.05, 3.63) is 0 Å². The number of urea groups is 1. The second kappa shape index (κ2) is 4.61. The SMILES string of the molecule is CCN(C)C(=O)N(C)[C@H]1CNC[C@@H]1O. The number of aliphatic hydroxyl groups excluding tert-OH is 1. The molecule has 0 saturated carbocycles. The number of β-amino-alcohol motifs (C(OH)–C–C–N with tert-alkyl or cyclic N) is 1. The van der Waals surface area contributed by atoms with Crippen LogP contribution in [0.3, 0.4) is 0 Å². The Morgan fingerprint density at radius 3 is 2.57 bits per heavy atom. The molecule has 1 fully saturated rings. The zero-order valence-electron chi connectivity index (χ0n) is 9.03. The Morgan fingerprint density at radius 2 is 2.14 bits per heavy atom. The van der Waals surface area contributed by atoms with Crippen LogP contribution in [0.25, 0.3) is 0 Å². The van der Waals surface area contributed by atoms with Crippen molar-refractivity contribution in [3.63, 3.8) is 0 Å². The van der Waals surface area contributed by atoms with Gasteiger partial charge in [-0.3, -0.25) is 0 Å². The monoisotopic (exact) mass is 201 g/mol. The maximum atomic E-state index is 11.7. The summed E-state index contributed by atoms with van der Waals surface area (Å²) in [4.78, 5) is 15.0. The molecule has 0 aliphatic carbocycles. The number of nitrogens with zero attached hydrogens (tertiary/aromatic N) is 2. The molecule has 5 nitrogen and oxygen atoms in total. The van der Waals surface area contributed by atoms with Crippen LogP contribution in [0.5, 0.6) is 0 Å². The van der Waals surface area contributed by atoms with E-state index in [9.17, 15) is 9.90 Å². The van der Waals surface area contributed by atoms with E-state index in [-0.39, 0.29) is 12.1 Å². The summed E-state index contributed by atoms with van der Waals surface area (Å²) in [6, 6.07) is -0.142. The van der Waals surface area contributed by atoms with Gasteiger partial charge in [0.1, 0.15) is 0 Å². The molecule has 0 bridgehead atoms. The molecule has 5 heteroatoms. The fraction of sp³-hybridized carbons (Fsp3) is 0.889. The molecule has 1 aliphatic rings. The third-order valence-electron chi connectivity index (χ3n) is 2.75. The predicted molar refractivity (Wildman–Crippen MR) is 54.1 cm³/mol. The fourth-order valence-corrected chi connectivity index (χ4v) is 1.59. The highest BCUT2D eigenvalue weighted by atomic mass is 16.3. The Labute approximate surface area is 84.7 Å². The minimum Gasteiger partial charge on any atom is -0.390 e. The van der Waals surface area contributed by atoms with E-state index in [1.165, 1.54) is 0 Å². The topological polar surface area (TPSA) is 55.8 Å². The molecule has 82 valence electrons. The molecule has 14 heavy (non-hydrogen) atoms. The summed E-state index contributed by atoms with van der Waals surface area (Å²) in [6.07, 6.45) is -0.450. The van der Waals surface area contributed by atoms with Crippen molar-refractivity contribution in [1.29, 1.82) is 0 Å². The number of hydrogen-bond acceptors (Lipinski definition) is 3. The number of likely N-dealkylation sites (N-methyl/N-ethyl adjacent to an activating group) is 1. The first kappa shape index (κ1) is 11.3. The van der Waals surface area contributed by atoms with Crippen molar-refractivity contribution in [1.82, 2.24) is 15.1 Å². The molecule has 0 spiro atoms. The van der Waals surface area contributed by atoms with Crippen molar-refractivity contribution in [2.75, 3.05) is 33.7 Å². The van der Waals surface area contributed by atoms with Gasteiger partial charge in [0, 0.05) is 33.7 Å². The lowest BCUT2D eigenvalue weighted by atomic mass is 10.2. The van der Waals surface area contributed by atoms with Gasteiger partial charge in [0.2, 0.25) is 0 Å². The molecule has 2 atom stereocenters. The minimum atomic E-state index is -0.450. The third kappa shape index (κ3) is 2.16. The molecule has 1 aliphatic heterocycles. The number of rotatable bonds is 2. The van der Waals surface area contributed by atoms with Gasteiger partial charge in [0.05, 0.1) is 12.1 Å². The summed E-state index contributed by atoms with van der Waals surface area (Å²) in [6.45, 7) is 3.84. The highest BCUT2D eigenvalue weighted by Gasteiger charge is 2.31. The van der Waals surface area contributed by atoms with Crippen molar-refractivity contribution < 1.29 is 9.90 Å². The Hall–Kier alpha value is -0.810. The van der Waals surface area contributed by atoms with Crippen molar-refractivity contribution in [2.24, 2.45) is 0 Å². The summed E-state index contributed by atoms with van der Waals surface area (Å²) in [5.41, 5.74) is 0. The van der Waals surface area contributed by atoms with Gasteiger partial charge in [0.15, 0.2) is 0 Å². The summed E-state index contributed by atoms with van der Waals surface area (Å²) < 4.78 is 0. The number of carbonyl (C=O) groups is 1. The van der Waals surface area contributed by atoms with Gasteiger partial charge >= 0.3 is 6.03 Å². The van der Waals surface area contributed by atoms with Crippen LogP contribution in [0, 0.1) is 0 Å². The Kier molecular flexibility index (Phi) is 3.71. The maximum absolute atomic E-state index is 11.7. The Morgan fingerprint density at radius 1 is 1.50 bits per heavy atom. The molecule has 1 saturated heterocycles. The first-order valence-electron chi connectivity index (χ1n) is 4.94. The molecular weight excluding hydrogens is 182 g/mol. The number of nitrogens with one attached hydrogen (secondary N) is 1. The second-order valence-corrected chi connectivity index (χ2v) is 3.70. The molecule has 2 N–H and O–H groups in total. The lowest BCUT2D eigenvalue weighted by Crippen LogP contribution is -2.49. The first-order chi connectivity index (χ1) is 6.57. The third-order valence-corrected chi connectivity index (χ3v) is 2.75. The molecule has 1 rings (SSSR count).